The van der Waals surface area contributed by atoms with Crippen molar-refractivity contribution in [3.05, 3.63) is 104 Å². The van der Waals surface area contributed by atoms with Gasteiger partial charge in [0.1, 0.15) is 11.5 Å². The molecular weight excluding hydrogens is 615 g/mol. The van der Waals surface area contributed by atoms with Gasteiger partial charge in [-0.3, -0.25) is 0 Å². The summed E-state index contributed by atoms with van der Waals surface area (Å²) in [6.07, 6.45) is 2.10. The van der Waals surface area contributed by atoms with Gasteiger partial charge in [0.05, 0.1) is 10.0 Å². The Bertz CT molecular complexity index is 1570. The van der Waals surface area contributed by atoms with Gasteiger partial charge in [-0.2, -0.15) is 0 Å². The average Bonchev–Trinajstić information content (AvgIpc) is 3.32. The van der Waals surface area contributed by atoms with Crippen molar-refractivity contribution in [3.63, 3.8) is 0 Å². The molecule has 2 atom stereocenters. The van der Waals surface area contributed by atoms with E-state index in [9.17, 15) is 30.6 Å². The number of benzene rings is 4. The lowest BCUT2D eigenvalue weighted by Gasteiger charge is -2.28. The molecule has 0 radical (unpaired) electrons. The first-order chi connectivity index (χ1) is 21.6. The van der Waals surface area contributed by atoms with E-state index in [2.05, 4.69) is 9.80 Å². The standard InChI is InChI=1S/C35H36Cl2N2O6/c36-32-24-10-14-38(18-28(20-2-6-22(40)7-3-20)26(24)16-30(42)34(32)44)12-1-13-39-15-11-25-27(17-31(43)35(45)33(25)37)29(19-39)21-4-8-23(41)9-5-21/h2-9,16-17,28-29,40-45H,1,10-15,18-19H2. The van der Waals surface area contributed by atoms with E-state index in [1.165, 1.54) is 0 Å². The van der Waals surface area contributed by atoms with Gasteiger partial charge in [-0.25, -0.2) is 0 Å². The van der Waals surface area contributed by atoms with Gasteiger partial charge in [-0.1, -0.05) is 47.5 Å². The Morgan fingerprint density at radius 2 is 0.956 bits per heavy atom. The maximum atomic E-state index is 10.4. The van der Waals surface area contributed by atoms with Crippen molar-refractivity contribution in [2.75, 3.05) is 39.3 Å². The molecule has 2 aliphatic heterocycles. The molecule has 0 bridgehead atoms. The molecule has 6 rings (SSSR count). The normalized spacial score (nSPS) is 19.0. The summed E-state index contributed by atoms with van der Waals surface area (Å²) < 4.78 is 0. The monoisotopic (exact) mass is 650 g/mol. The zero-order chi connectivity index (χ0) is 31.8. The van der Waals surface area contributed by atoms with Crippen LogP contribution < -0.4 is 0 Å². The Kier molecular flexibility index (Phi) is 8.93. The lowest BCUT2D eigenvalue weighted by atomic mass is 9.87. The fourth-order valence-corrected chi connectivity index (χ4v) is 7.44. The molecule has 4 aromatic rings. The number of hydrogen-bond acceptors (Lipinski definition) is 8. The van der Waals surface area contributed by atoms with Crippen LogP contribution in [0.2, 0.25) is 10.0 Å². The Morgan fingerprint density at radius 3 is 1.33 bits per heavy atom. The highest BCUT2D eigenvalue weighted by molar-refractivity contribution is 6.33. The van der Waals surface area contributed by atoms with Gasteiger partial charge in [0, 0.05) is 38.0 Å². The van der Waals surface area contributed by atoms with Crippen molar-refractivity contribution >= 4 is 23.2 Å². The highest BCUT2D eigenvalue weighted by Gasteiger charge is 2.31. The van der Waals surface area contributed by atoms with E-state index in [0.29, 0.717) is 25.9 Å². The van der Waals surface area contributed by atoms with Gasteiger partial charge in [-0.05, 0) is 102 Å². The van der Waals surface area contributed by atoms with Crippen molar-refractivity contribution in [1.29, 1.82) is 0 Å². The summed E-state index contributed by atoms with van der Waals surface area (Å²) in [7, 11) is 0. The quantitative estimate of drug-likeness (QED) is 0.134. The molecule has 0 aliphatic carbocycles. The van der Waals surface area contributed by atoms with Crippen LogP contribution in [0.15, 0.2) is 60.7 Å². The smallest absolute Gasteiger partial charge is 0.176 e. The highest BCUT2D eigenvalue weighted by Crippen LogP contribution is 2.45. The molecule has 0 saturated heterocycles. The number of fused-ring (bicyclic) bond motifs is 2. The maximum absolute atomic E-state index is 10.4. The number of phenols is 6. The van der Waals surface area contributed by atoms with E-state index in [1.54, 1.807) is 36.4 Å². The Hall–Kier alpha value is -3.82. The molecule has 2 unspecified atom stereocenters. The molecule has 4 aromatic carbocycles. The van der Waals surface area contributed by atoms with E-state index in [1.807, 2.05) is 24.3 Å². The lowest BCUT2D eigenvalue weighted by Crippen LogP contribution is -2.34. The number of rotatable bonds is 6. The second-order valence-corrected chi connectivity index (χ2v) is 12.8. The summed E-state index contributed by atoms with van der Waals surface area (Å²) in [6.45, 7) is 4.40. The van der Waals surface area contributed by atoms with Gasteiger partial charge >= 0.3 is 0 Å². The second kappa shape index (κ2) is 12.9. The van der Waals surface area contributed by atoms with E-state index in [-0.39, 0.29) is 56.4 Å². The molecule has 2 aliphatic rings. The number of aromatic hydroxyl groups is 6. The molecule has 0 fully saturated rings. The van der Waals surface area contributed by atoms with Gasteiger partial charge < -0.3 is 40.4 Å². The molecule has 236 valence electrons. The lowest BCUT2D eigenvalue weighted by molar-refractivity contribution is 0.228. The predicted molar refractivity (Wildman–Crippen MR) is 174 cm³/mol. The van der Waals surface area contributed by atoms with Crippen LogP contribution in [0.5, 0.6) is 34.5 Å². The minimum absolute atomic E-state index is 0.124. The SMILES string of the molecule is Oc1ccc(C2CN(CCCN3CCc4c(cc(O)c(O)c4Cl)C(c4ccc(O)cc4)C3)CCc3c2cc(O)c(O)c3Cl)cc1. The largest absolute Gasteiger partial charge is 0.508 e. The second-order valence-electron chi connectivity index (χ2n) is 12.0. The molecule has 6 N–H and O–H groups in total. The molecule has 0 spiro atoms. The van der Waals surface area contributed by atoms with Gasteiger partial charge in [-0.15, -0.1) is 0 Å². The fraction of sp³-hybridized carbons (Fsp3) is 0.314. The molecular formula is C35H36Cl2N2O6. The summed E-state index contributed by atoms with van der Waals surface area (Å²) in [6, 6.07) is 17.3. The van der Waals surface area contributed by atoms with E-state index in [0.717, 1.165) is 66.0 Å². The number of halogens is 2. The summed E-state index contributed by atoms with van der Waals surface area (Å²) in [5.74, 6) is -1.00. The van der Waals surface area contributed by atoms with Gasteiger partial charge in [0.15, 0.2) is 23.0 Å². The summed E-state index contributed by atoms with van der Waals surface area (Å²) >= 11 is 13.1. The molecule has 0 amide bonds. The molecule has 0 saturated carbocycles. The molecule has 8 nitrogen and oxygen atoms in total. The first kappa shape index (κ1) is 31.2. The first-order valence-corrected chi connectivity index (χ1v) is 15.8. The van der Waals surface area contributed by atoms with Crippen molar-refractivity contribution < 1.29 is 30.6 Å². The van der Waals surface area contributed by atoms with Crippen molar-refractivity contribution in [1.82, 2.24) is 9.80 Å². The van der Waals surface area contributed by atoms with Crippen molar-refractivity contribution in [3.8, 4) is 34.5 Å². The van der Waals surface area contributed by atoms with Crippen LogP contribution in [0.25, 0.3) is 0 Å². The topological polar surface area (TPSA) is 128 Å². The third-order valence-corrected chi connectivity index (χ3v) is 10.1. The zero-order valence-electron chi connectivity index (χ0n) is 24.6. The van der Waals surface area contributed by atoms with Crippen molar-refractivity contribution in [2.45, 2.75) is 31.1 Å². The van der Waals surface area contributed by atoms with Crippen LogP contribution >= 0.6 is 23.2 Å². The molecule has 0 aromatic heterocycles. The van der Waals surface area contributed by atoms with Gasteiger partial charge in [0.25, 0.3) is 0 Å². The van der Waals surface area contributed by atoms with E-state index in [4.69, 9.17) is 23.2 Å². The highest BCUT2D eigenvalue weighted by atomic mass is 35.5. The van der Waals surface area contributed by atoms with Gasteiger partial charge in [0.2, 0.25) is 0 Å². The summed E-state index contributed by atoms with van der Waals surface area (Å²) in [4.78, 5) is 4.75. The summed E-state index contributed by atoms with van der Waals surface area (Å²) in [5, 5.41) is 61.7. The minimum atomic E-state index is -0.305. The van der Waals surface area contributed by atoms with Crippen LogP contribution in [-0.4, -0.2) is 79.7 Å². The zero-order valence-corrected chi connectivity index (χ0v) is 26.1. The first-order valence-electron chi connectivity index (χ1n) is 15.1. The van der Waals surface area contributed by atoms with Crippen LogP contribution in [0.4, 0.5) is 0 Å². The van der Waals surface area contributed by atoms with Crippen molar-refractivity contribution in [2.24, 2.45) is 0 Å². The molecule has 10 heteroatoms. The number of nitrogens with zero attached hydrogens (tertiary/aromatic N) is 2. The Morgan fingerprint density at radius 1 is 0.578 bits per heavy atom. The predicted octanol–water partition coefficient (Wildman–Crippen LogP) is 6.30. The Labute approximate surface area is 271 Å². The molecule has 45 heavy (non-hydrogen) atoms. The average molecular weight is 652 g/mol. The maximum Gasteiger partial charge on any atom is 0.176 e. The third kappa shape index (κ3) is 6.33. The number of hydrogen-bond donors (Lipinski definition) is 6. The fourth-order valence-electron chi connectivity index (χ4n) is 6.84. The van der Waals surface area contributed by atoms with Crippen LogP contribution in [-0.2, 0) is 12.8 Å². The van der Waals surface area contributed by atoms with Crippen LogP contribution in [0.1, 0.15) is 51.6 Å². The van der Waals surface area contributed by atoms with E-state index >= 15 is 0 Å². The third-order valence-electron chi connectivity index (χ3n) is 9.24. The van der Waals surface area contributed by atoms with E-state index < -0.39 is 0 Å². The minimum Gasteiger partial charge on any atom is -0.508 e. The summed E-state index contributed by atoms with van der Waals surface area (Å²) in [5.41, 5.74) is 5.33. The Balaban J connectivity index is 1.21. The molecule has 2 heterocycles. The number of phenolic OH excluding ortho intramolecular Hbond substituents is 6. The van der Waals surface area contributed by atoms with Crippen LogP contribution in [0, 0.1) is 0 Å². The van der Waals surface area contributed by atoms with Crippen LogP contribution in [0.3, 0.4) is 0 Å².